The van der Waals surface area contributed by atoms with Crippen molar-refractivity contribution in [1.82, 2.24) is 19.6 Å². The molecule has 0 N–H and O–H groups in total. The van der Waals surface area contributed by atoms with Crippen LogP contribution in [0, 0.1) is 12.8 Å². The van der Waals surface area contributed by atoms with Crippen LogP contribution in [0.5, 0.6) is 0 Å². The van der Waals surface area contributed by atoms with Crippen LogP contribution in [0.3, 0.4) is 0 Å². The molecular formula is C30H36ClN5O2. The first-order valence-electron chi connectivity index (χ1n) is 13.6. The van der Waals surface area contributed by atoms with Gasteiger partial charge in [0.2, 0.25) is 11.8 Å². The summed E-state index contributed by atoms with van der Waals surface area (Å²) >= 11 is 6.10. The number of rotatable bonds is 5. The smallest absolute Gasteiger partial charge is 0.244 e. The van der Waals surface area contributed by atoms with Gasteiger partial charge in [-0.25, -0.2) is 0 Å². The molecule has 2 heterocycles. The van der Waals surface area contributed by atoms with Gasteiger partial charge in [0.15, 0.2) is 0 Å². The number of amides is 2. The number of aryl methyl sites for hydroxylation is 1. The molecule has 2 aromatic carbocycles. The first-order valence-corrected chi connectivity index (χ1v) is 14.0. The van der Waals surface area contributed by atoms with Crippen LogP contribution >= 0.6 is 11.6 Å². The maximum absolute atomic E-state index is 13.5. The molecule has 200 valence electrons. The summed E-state index contributed by atoms with van der Waals surface area (Å²) in [5, 5.41) is 5.06. The van der Waals surface area contributed by atoms with Crippen molar-refractivity contribution in [3.05, 3.63) is 82.6 Å². The molecule has 0 bridgehead atoms. The number of nitrogens with zero attached hydrogens (tertiary/aromatic N) is 5. The fraction of sp³-hybridized carbons (Fsp3) is 0.433. The summed E-state index contributed by atoms with van der Waals surface area (Å²) in [6.45, 7) is 6.51. The summed E-state index contributed by atoms with van der Waals surface area (Å²) in [4.78, 5) is 33.2. The van der Waals surface area contributed by atoms with Crippen LogP contribution in [0.1, 0.15) is 42.4 Å². The molecule has 1 aliphatic heterocycles. The Morgan fingerprint density at radius 1 is 0.974 bits per heavy atom. The molecule has 0 spiro atoms. The van der Waals surface area contributed by atoms with E-state index in [4.69, 9.17) is 11.6 Å². The third-order valence-electron chi connectivity index (χ3n) is 7.33. The van der Waals surface area contributed by atoms with Gasteiger partial charge in [0, 0.05) is 62.1 Å². The topological polar surface area (TPSA) is 61.7 Å². The van der Waals surface area contributed by atoms with Crippen molar-refractivity contribution in [1.29, 1.82) is 0 Å². The highest BCUT2D eigenvalue weighted by atomic mass is 35.5. The van der Waals surface area contributed by atoms with Crippen molar-refractivity contribution in [3.8, 4) is 0 Å². The molecule has 1 aromatic heterocycles. The maximum atomic E-state index is 13.5. The van der Waals surface area contributed by atoms with Crippen molar-refractivity contribution < 1.29 is 9.59 Å². The summed E-state index contributed by atoms with van der Waals surface area (Å²) in [5.41, 5.74) is 4.19. The number of aromatic nitrogens is 2. The average Bonchev–Trinajstić information content (AvgIpc) is 3.68. The molecular weight excluding hydrogens is 498 g/mol. The number of carbonyl (C=O) groups is 2. The normalized spacial score (nSPS) is 17.4. The summed E-state index contributed by atoms with van der Waals surface area (Å²) in [6, 6.07) is 16.1. The summed E-state index contributed by atoms with van der Waals surface area (Å²) in [6.07, 6.45) is 7.36. The molecule has 0 unspecified atom stereocenters. The molecule has 5 rings (SSSR count). The van der Waals surface area contributed by atoms with Crippen LogP contribution in [0.2, 0.25) is 5.02 Å². The van der Waals surface area contributed by atoms with E-state index in [9.17, 15) is 9.59 Å². The molecule has 38 heavy (non-hydrogen) atoms. The number of hydrogen-bond acceptors (Lipinski definition) is 4. The second-order valence-corrected chi connectivity index (χ2v) is 11.0. The molecule has 2 amide bonds. The lowest BCUT2D eigenvalue weighted by Gasteiger charge is -2.32. The zero-order chi connectivity index (χ0) is 26.5. The Morgan fingerprint density at radius 2 is 1.71 bits per heavy atom. The highest BCUT2D eigenvalue weighted by Gasteiger charge is 2.35. The third kappa shape index (κ3) is 6.83. The van der Waals surface area contributed by atoms with Gasteiger partial charge in [0.05, 0.1) is 6.20 Å². The standard InChI is InChI=1S/C30H36ClN5O2/c1-23-18-32-35(19-23)22-29(37)34-16-4-14-33(20-24-8-12-27(31)13-9-24)15-5-17-36(30(38)25-10-11-25)28-7-3-2-6-26(28)21-34/h2-3,6-9,12-13,18-19,25H,4-5,10-11,14-17,20-22H2,1H3. The fourth-order valence-electron chi connectivity index (χ4n) is 5.15. The molecule has 0 saturated heterocycles. The summed E-state index contributed by atoms with van der Waals surface area (Å²) in [5.74, 6) is 0.370. The second kappa shape index (κ2) is 12.1. The van der Waals surface area contributed by atoms with Gasteiger partial charge in [-0.1, -0.05) is 41.9 Å². The summed E-state index contributed by atoms with van der Waals surface area (Å²) in [7, 11) is 0. The van der Waals surface area contributed by atoms with E-state index in [0.717, 1.165) is 67.2 Å². The first-order chi connectivity index (χ1) is 18.5. The Kier molecular flexibility index (Phi) is 8.45. The van der Waals surface area contributed by atoms with E-state index >= 15 is 0 Å². The van der Waals surface area contributed by atoms with Gasteiger partial charge in [-0.15, -0.1) is 0 Å². The Morgan fingerprint density at radius 3 is 2.42 bits per heavy atom. The number of para-hydroxylation sites is 1. The lowest BCUT2D eigenvalue weighted by atomic mass is 10.1. The van der Waals surface area contributed by atoms with Gasteiger partial charge in [0.1, 0.15) is 6.54 Å². The zero-order valence-electron chi connectivity index (χ0n) is 22.1. The van der Waals surface area contributed by atoms with E-state index in [0.29, 0.717) is 19.6 Å². The van der Waals surface area contributed by atoms with E-state index in [-0.39, 0.29) is 24.3 Å². The SMILES string of the molecule is Cc1cnn(CC(=O)N2CCCN(Cc3ccc(Cl)cc3)CCCN(C(=O)C3CC3)c3ccccc3C2)c1. The molecule has 8 heteroatoms. The van der Waals surface area contributed by atoms with Crippen molar-refractivity contribution in [2.24, 2.45) is 5.92 Å². The molecule has 1 aliphatic carbocycles. The van der Waals surface area contributed by atoms with Gasteiger partial charge >= 0.3 is 0 Å². The highest BCUT2D eigenvalue weighted by Crippen LogP contribution is 2.34. The second-order valence-electron chi connectivity index (χ2n) is 10.5. The van der Waals surface area contributed by atoms with Crippen molar-refractivity contribution in [3.63, 3.8) is 0 Å². The van der Waals surface area contributed by atoms with E-state index in [1.54, 1.807) is 10.9 Å². The number of carbonyl (C=O) groups excluding carboxylic acids is 2. The minimum atomic E-state index is 0.0317. The molecule has 3 aromatic rings. The third-order valence-corrected chi connectivity index (χ3v) is 7.58. The van der Waals surface area contributed by atoms with Gasteiger partial charge < -0.3 is 9.80 Å². The predicted octanol–water partition coefficient (Wildman–Crippen LogP) is 4.91. The number of halogens is 1. The number of benzene rings is 2. The van der Waals surface area contributed by atoms with E-state index in [1.165, 1.54) is 5.56 Å². The largest absolute Gasteiger partial charge is 0.337 e. The lowest BCUT2D eigenvalue weighted by Crippen LogP contribution is -2.40. The minimum Gasteiger partial charge on any atom is -0.337 e. The van der Waals surface area contributed by atoms with Crippen LogP contribution in [0.25, 0.3) is 0 Å². The van der Waals surface area contributed by atoms with Crippen LogP contribution in [-0.2, 0) is 29.2 Å². The average molecular weight is 534 g/mol. The molecule has 2 aliphatic rings. The predicted molar refractivity (Wildman–Crippen MR) is 150 cm³/mol. The molecule has 0 radical (unpaired) electrons. The Bertz CT molecular complexity index is 1250. The monoisotopic (exact) mass is 533 g/mol. The minimum absolute atomic E-state index is 0.0317. The van der Waals surface area contributed by atoms with Crippen LogP contribution in [-0.4, -0.2) is 57.6 Å². The highest BCUT2D eigenvalue weighted by molar-refractivity contribution is 6.30. The first kappa shape index (κ1) is 26.4. The van der Waals surface area contributed by atoms with Gasteiger partial charge in [-0.2, -0.15) is 5.10 Å². The van der Waals surface area contributed by atoms with Gasteiger partial charge in [0.25, 0.3) is 0 Å². The molecule has 7 nitrogen and oxygen atoms in total. The Balaban J connectivity index is 1.40. The zero-order valence-corrected chi connectivity index (χ0v) is 22.8. The number of hydrogen-bond donors (Lipinski definition) is 0. The quantitative estimate of drug-likeness (QED) is 0.467. The van der Waals surface area contributed by atoms with Crippen LogP contribution < -0.4 is 4.90 Å². The van der Waals surface area contributed by atoms with E-state index in [1.807, 2.05) is 53.3 Å². The fourth-order valence-corrected chi connectivity index (χ4v) is 5.28. The number of anilines is 1. The van der Waals surface area contributed by atoms with E-state index < -0.39 is 0 Å². The molecule has 1 saturated carbocycles. The number of fused-ring (bicyclic) bond motifs is 1. The Hall–Kier alpha value is -3.16. The maximum Gasteiger partial charge on any atom is 0.244 e. The van der Waals surface area contributed by atoms with Crippen LogP contribution in [0.15, 0.2) is 60.9 Å². The summed E-state index contributed by atoms with van der Waals surface area (Å²) < 4.78 is 1.70. The Labute approximate surface area is 230 Å². The van der Waals surface area contributed by atoms with Crippen LogP contribution in [0.4, 0.5) is 5.69 Å². The van der Waals surface area contributed by atoms with Gasteiger partial charge in [-0.05, 0) is 67.5 Å². The molecule has 0 atom stereocenters. The van der Waals surface area contributed by atoms with Crippen molar-refractivity contribution in [2.75, 3.05) is 31.1 Å². The lowest BCUT2D eigenvalue weighted by molar-refractivity contribution is -0.132. The van der Waals surface area contributed by atoms with Gasteiger partial charge in [-0.3, -0.25) is 19.2 Å². The van der Waals surface area contributed by atoms with Crippen molar-refractivity contribution >= 4 is 29.1 Å². The van der Waals surface area contributed by atoms with E-state index in [2.05, 4.69) is 28.2 Å². The molecule has 1 fully saturated rings. The van der Waals surface area contributed by atoms with Crippen molar-refractivity contribution in [2.45, 2.75) is 52.2 Å².